The van der Waals surface area contributed by atoms with Gasteiger partial charge in [-0.25, -0.2) is 0 Å². The highest BCUT2D eigenvalue weighted by Crippen LogP contribution is 2.07. The second kappa shape index (κ2) is 392. The predicted molar refractivity (Wildman–Crippen MR) is 464 cm³/mol. The number of nitrogens with two attached hydrogens (primary N) is 6. The summed E-state index contributed by atoms with van der Waals surface area (Å²) in [6.07, 6.45) is 14.7. The minimum absolute atomic E-state index is 0. The van der Waals surface area contributed by atoms with E-state index in [4.69, 9.17) is 53.1 Å². The number of nitrogens with zero attached hydrogens (tertiary/aromatic N) is 1. The maximum absolute atomic E-state index is 10.7. The highest BCUT2D eigenvalue weighted by Gasteiger charge is 2.11. The van der Waals surface area contributed by atoms with Crippen LogP contribution in [0.2, 0.25) is 0 Å². The van der Waals surface area contributed by atoms with E-state index in [2.05, 4.69) is 192 Å². The van der Waals surface area contributed by atoms with E-state index in [-0.39, 0.29) is 39.5 Å². The van der Waals surface area contributed by atoms with E-state index in [1.54, 1.807) is 20.8 Å². The van der Waals surface area contributed by atoms with Crippen molar-refractivity contribution >= 4 is 73.8 Å². The van der Waals surface area contributed by atoms with Gasteiger partial charge in [0.25, 0.3) is 0 Å². The maximum Gasteiger partial charge on any atom is 0.219 e. The SMILES string of the molecule is C=C.C=C(C)CC.C=C(C)CC.C=O.C=O.C=O.C=O.C=O.C=O.C=O.C=O.C=O.C=O.CC.CC.CC.CC.CC(=O)N1CCCCC1.CC(C)O.CCC(C)C.CCC(C)C.CCCCC.CCc1ccccc1.CCc1ccccc1.CN.CN.CN.CN.CN.CN.N.N.N.N.[HH].[HH]. The van der Waals surface area contributed by atoms with Gasteiger partial charge in [0.15, 0.2) is 0 Å². The number of amides is 1. The summed E-state index contributed by atoms with van der Waals surface area (Å²) in [5, 5.41) is 8.06. The maximum atomic E-state index is 10.7. The van der Waals surface area contributed by atoms with Crippen molar-refractivity contribution in [1.29, 1.82) is 0 Å². The Bertz CT molecular complexity index is 1140. The molecule has 0 bridgehead atoms. The third-order valence-electron chi connectivity index (χ3n) is 7.85. The van der Waals surface area contributed by atoms with Crippen LogP contribution in [0.15, 0.2) is 98.1 Å². The van der Waals surface area contributed by atoms with E-state index in [0.717, 1.165) is 50.6 Å². The predicted octanol–water partition coefficient (Wildman–Crippen LogP) is 17.8. The molecule has 2 aromatic carbocycles. The summed E-state index contributed by atoms with van der Waals surface area (Å²) in [4.78, 5) is 92.6. The number of benzene rings is 2. The van der Waals surface area contributed by atoms with Crippen LogP contribution in [0.25, 0.3) is 0 Å². The molecule has 0 saturated carbocycles. The van der Waals surface area contributed by atoms with E-state index in [1.807, 2.05) is 154 Å². The lowest BCUT2D eigenvalue weighted by Gasteiger charge is -2.24. The smallest absolute Gasteiger partial charge is 0.219 e. The second-order valence-electron chi connectivity index (χ2n) is 14.9. The first-order valence-corrected chi connectivity index (χ1v) is 32.5. The fraction of sp³-hybridized carbons (Fsp3) is 0.623. The zero-order valence-electron chi connectivity index (χ0n) is 72.5. The molecule has 2 aromatic rings. The van der Waals surface area contributed by atoms with Crippen LogP contribution >= 0.6 is 0 Å². The molecular formula is C77H191N11O12. The van der Waals surface area contributed by atoms with E-state index in [1.165, 1.54) is 116 Å². The Hall–Kier alpha value is -6.61. The summed E-state index contributed by atoms with van der Waals surface area (Å²) in [6, 6.07) is 20.9. The van der Waals surface area contributed by atoms with Crippen LogP contribution in [-0.4, -0.2) is 145 Å². The molecule has 25 N–H and O–H groups in total. The van der Waals surface area contributed by atoms with Crippen LogP contribution in [0.4, 0.5) is 0 Å². The zero-order chi connectivity index (χ0) is 85.2. The van der Waals surface area contributed by atoms with Crippen LogP contribution in [0, 0.1) is 11.8 Å². The van der Waals surface area contributed by atoms with Crippen molar-refractivity contribution < 1.29 is 60.7 Å². The standard InChI is InChI=1S/2C8H10.C7H13NO.2C5H12.2C5H10.C5H12.C3H8O.4C2H6.C2H4.6CH5N.10CH2O.4H3N.2H2/c2*1-2-8-6-4-3-5-7-8;1-7(9)8-5-3-2-4-6-8;4*1-4-5(2)3;1-3-5-4-2;1-3(2)4;21*1-2;;;;;;/h2*3-7H,2H2,1H3;2-6H2,1H3;2*5H,4H2,1-3H3;2*2,4H2,1,3H3;3-5H2,1-2H3;3-4H,1-2H3;4*1-2H3;1-2H2;6*2H2,1H3;10*1H2;4*1H3;2*1H. The normalized spacial score (nSPS) is 6.79. The number of carbonyl (C=O) groups is 11. The third-order valence-corrected chi connectivity index (χ3v) is 7.85. The summed E-state index contributed by atoms with van der Waals surface area (Å²) in [6.45, 7) is 86.7. The largest absolute Gasteiger partial charge is 0.394 e. The van der Waals surface area contributed by atoms with E-state index in [0.29, 0.717) is 0 Å². The van der Waals surface area contributed by atoms with Gasteiger partial charge in [0.05, 0.1) is 0 Å². The van der Waals surface area contributed by atoms with Gasteiger partial charge in [0.2, 0.25) is 5.91 Å². The number of rotatable bonds is 8. The van der Waals surface area contributed by atoms with Crippen molar-refractivity contribution in [3.05, 3.63) is 109 Å². The molecule has 0 atom stereocenters. The fourth-order valence-corrected chi connectivity index (χ4v) is 2.99. The first-order valence-electron chi connectivity index (χ1n) is 32.5. The Morgan fingerprint density at radius 3 is 0.590 bits per heavy atom. The van der Waals surface area contributed by atoms with Gasteiger partial charge in [-0.3, -0.25) is 4.79 Å². The van der Waals surface area contributed by atoms with Crippen LogP contribution in [0.5, 0.6) is 0 Å². The van der Waals surface area contributed by atoms with E-state index < -0.39 is 0 Å². The minimum Gasteiger partial charge on any atom is -0.394 e. The number of piperidine rings is 1. The average molecular weight is 1460 g/mol. The molecule has 1 aliphatic rings. The number of unbranched alkanes of at least 4 members (excludes halogenated alkanes) is 2. The summed E-state index contributed by atoms with van der Waals surface area (Å²) < 4.78 is 0. The number of hydrogen-bond acceptors (Lipinski definition) is 22. The molecule has 3 rings (SSSR count). The number of allylic oxidation sites excluding steroid dienone is 2. The van der Waals surface area contributed by atoms with Gasteiger partial charge in [-0.1, -0.05) is 242 Å². The molecule has 0 spiro atoms. The van der Waals surface area contributed by atoms with Gasteiger partial charge < -0.3 is 117 Å². The van der Waals surface area contributed by atoms with Gasteiger partial charge in [0.1, 0.15) is 67.9 Å². The summed E-state index contributed by atoms with van der Waals surface area (Å²) in [5.74, 6) is 2.00. The molecule has 23 heteroatoms. The first kappa shape index (κ1) is 205. The van der Waals surface area contributed by atoms with Crippen LogP contribution < -0.4 is 59.0 Å². The van der Waals surface area contributed by atoms with Crippen LogP contribution in [0.3, 0.4) is 0 Å². The van der Waals surface area contributed by atoms with Crippen LogP contribution in [0.1, 0.15) is 251 Å². The Labute approximate surface area is 628 Å². The summed E-state index contributed by atoms with van der Waals surface area (Å²) >= 11 is 0. The molecule has 100 heavy (non-hydrogen) atoms. The lowest BCUT2D eigenvalue weighted by molar-refractivity contribution is -0.129. The molecule has 1 saturated heterocycles. The van der Waals surface area contributed by atoms with Gasteiger partial charge in [-0.15, -0.1) is 26.3 Å². The molecule has 0 aliphatic carbocycles. The number of aryl methyl sites for hydroxylation is 2. The molecule has 23 nitrogen and oxygen atoms in total. The van der Waals surface area contributed by atoms with Crippen molar-refractivity contribution in [2.45, 2.75) is 256 Å². The minimum atomic E-state index is -0.167. The van der Waals surface area contributed by atoms with Crippen molar-refractivity contribution in [1.82, 2.24) is 29.5 Å². The number of carbonyl (C=O) groups excluding carboxylic acids is 11. The van der Waals surface area contributed by atoms with Gasteiger partial charge in [-0.05, 0) is 138 Å². The Morgan fingerprint density at radius 1 is 0.390 bits per heavy atom. The lowest BCUT2D eigenvalue weighted by atomic mass is 10.1. The van der Waals surface area contributed by atoms with E-state index >= 15 is 0 Å². The summed E-state index contributed by atoms with van der Waals surface area (Å²) in [7, 11) is 9.00. The lowest BCUT2D eigenvalue weighted by Crippen LogP contribution is -2.33. The van der Waals surface area contributed by atoms with E-state index in [9.17, 15) is 4.79 Å². The highest BCUT2D eigenvalue weighted by atomic mass is 16.3. The molecule has 0 radical (unpaired) electrons. The molecule has 0 unspecified atom stereocenters. The highest BCUT2D eigenvalue weighted by molar-refractivity contribution is 5.73. The Kier molecular flexibility index (Phi) is 802. The third kappa shape index (κ3) is 596. The molecule has 1 aliphatic heterocycles. The fourth-order valence-electron chi connectivity index (χ4n) is 2.99. The topological polar surface area (TPSA) is 507 Å². The molecular weight excluding hydrogens is 1270 g/mol. The zero-order valence-corrected chi connectivity index (χ0v) is 72.5. The number of hydrogen-bond donors (Lipinski definition) is 11. The quantitative estimate of drug-likeness (QED) is 0.109. The molecule has 0 aromatic heterocycles. The van der Waals surface area contributed by atoms with Crippen molar-refractivity contribution in [3.8, 4) is 0 Å². The average Bonchev–Trinajstić information content (AvgIpc) is 1.04. The van der Waals surface area contributed by atoms with Gasteiger partial charge in [0, 0.05) is 29.0 Å². The summed E-state index contributed by atoms with van der Waals surface area (Å²) in [5.41, 5.74) is 32.3. The first-order chi connectivity index (χ1) is 46.4. The van der Waals surface area contributed by atoms with Crippen molar-refractivity contribution in [3.63, 3.8) is 0 Å². The monoisotopic (exact) mass is 1460 g/mol. The van der Waals surface area contributed by atoms with Crippen molar-refractivity contribution in [2.75, 3.05) is 55.4 Å². The number of aliphatic hydroxyl groups is 1. The van der Waals surface area contributed by atoms with Crippen molar-refractivity contribution in [2.24, 2.45) is 46.2 Å². The Morgan fingerprint density at radius 2 is 0.530 bits per heavy atom. The number of likely N-dealkylation sites (tertiary alicyclic amines) is 1. The number of aliphatic hydroxyl groups excluding tert-OH is 1. The Balaban J connectivity index is -0.0000000159. The second-order valence-corrected chi connectivity index (χ2v) is 14.9. The molecule has 1 heterocycles. The molecule has 1 amide bonds. The molecule has 626 valence electrons. The molecule has 1 fully saturated rings. The van der Waals surface area contributed by atoms with Gasteiger partial charge in [-0.2, -0.15) is 0 Å². The van der Waals surface area contributed by atoms with Crippen LogP contribution in [-0.2, 0) is 65.6 Å². The van der Waals surface area contributed by atoms with Gasteiger partial charge >= 0.3 is 0 Å².